The number of hydrogen-bond acceptors (Lipinski definition) is 1. The second kappa shape index (κ2) is 3.42. The second-order valence-corrected chi connectivity index (χ2v) is 4.02. The van der Waals surface area contributed by atoms with E-state index in [4.69, 9.17) is 0 Å². The quantitative estimate of drug-likeness (QED) is 0.558. The predicted molar refractivity (Wildman–Crippen MR) is 39.9 cm³/mol. The van der Waals surface area contributed by atoms with Gasteiger partial charge in [-0.15, -0.1) is 8.58 Å². The summed E-state index contributed by atoms with van der Waals surface area (Å²) < 4.78 is 0. The molecule has 1 N–H and O–H groups in total. The number of rotatable bonds is 2. The molecular formula is C6H14NP. The fourth-order valence-corrected chi connectivity index (χ4v) is 2.29. The summed E-state index contributed by atoms with van der Waals surface area (Å²) in [6.07, 6.45) is 4.18. The summed E-state index contributed by atoms with van der Waals surface area (Å²) in [6.45, 7) is 3.52. The van der Waals surface area contributed by atoms with Crippen molar-refractivity contribution in [3.05, 3.63) is 0 Å². The molecular weight excluding hydrogens is 117 g/mol. The molecule has 0 radical (unpaired) electrons. The van der Waals surface area contributed by atoms with Crippen LogP contribution in [0.25, 0.3) is 0 Å². The molecule has 0 aliphatic carbocycles. The fourth-order valence-electron chi connectivity index (χ4n) is 1.11. The SMILES string of the molecule is CCPC1CCCN1. The lowest BCUT2D eigenvalue weighted by atomic mass is 10.4. The lowest BCUT2D eigenvalue weighted by Crippen LogP contribution is -2.15. The minimum atomic E-state index is 0.889. The Balaban J connectivity index is 2.06. The van der Waals surface area contributed by atoms with Crippen LogP contribution in [0.1, 0.15) is 19.8 Å². The van der Waals surface area contributed by atoms with E-state index in [2.05, 4.69) is 12.2 Å². The molecule has 1 rings (SSSR count). The van der Waals surface area contributed by atoms with Crippen molar-refractivity contribution in [2.75, 3.05) is 12.7 Å². The third-order valence-corrected chi connectivity index (χ3v) is 2.90. The maximum Gasteiger partial charge on any atom is 0.0240 e. The average Bonchev–Trinajstić information content (AvgIpc) is 2.19. The standard InChI is InChI=1S/C6H14NP/c1-2-8-6-4-3-5-7-6/h6-8H,2-5H2,1H3. The highest BCUT2D eigenvalue weighted by Gasteiger charge is 2.11. The highest BCUT2D eigenvalue weighted by molar-refractivity contribution is 7.38. The van der Waals surface area contributed by atoms with Crippen molar-refractivity contribution < 1.29 is 0 Å². The van der Waals surface area contributed by atoms with E-state index in [9.17, 15) is 0 Å². The van der Waals surface area contributed by atoms with Gasteiger partial charge in [-0.1, -0.05) is 6.92 Å². The van der Waals surface area contributed by atoms with Crippen molar-refractivity contribution in [1.82, 2.24) is 5.32 Å². The molecule has 1 aliphatic rings. The molecule has 1 fully saturated rings. The lowest BCUT2D eigenvalue weighted by Gasteiger charge is -2.05. The van der Waals surface area contributed by atoms with Gasteiger partial charge in [0.25, 0.3) is 0 Å². The Morgan fingerprint density at radius 1 is 1.75 bits per heavy atom. The molecule has 0 aromatic carbocycles. The summed E-state index contributed by atoms with van der Waals surface area (Å²) in [4.78, 5) is 0. The Morgan fingerprint density at radius 3 is 3.12 bits per heavy atom. The van der Waals surface area contributed by atoms with E-state index < -0.39 is 0 Å². The Labute approximate surface area is 53.0 Å². The first-order chi connectivity index (χ1) is 3.93. The largest absolute Gasteiger partial charge is 0.310 e. The lowest BCUT2D eigenvalue weighted by molar-refractivity contribution is 0.800. The van der Waals surface area contributed by atoms with Gasteiger partial charge in [0, 0.05) is 5.78 Å². The van der Waals surface area contributed by atoms with Crippen molar-refractivity contribution in [3.63, 3.8) is 0 Å². The predicted octanol–water partition coefficient (Wildman–Crippen LogP) is 1.39. The zero-order chi connectivity index (χ0) is 5.82. The summed E-state index contributed by atoms with van der Waals surface area (Å²) in [5.74, 6) is 0.889. The molecule has 1 nitrogen and oxygen atoms in total. The molecule has 8 heavy (non-hydrogen) atoms. The van der Waals surface area contributed by atoms with Gasteiger partial charge in [0.1, 0.15) is 0 Å². The van der Waals surface area contributed by atoms with Crippen molar-refractivity contribution in [1.29, 1.82) is 0 Å². The molecule has 0 spiro atoms. The monoisotopic (exact) mass is 131 g/mol. The van der Waals surface area contributed by atoms with Crippen LogP contribution in [0.2, 0.25) is 0 Å². The van der Waals surface area contributed by atoms with Crippen molar-refractivity contribution in [2.24, 2.45) is 0 Å². The van der Waals surface area contributed by atoms with E-state index in [1.165, 1.54) is 25.5 Å². The van der Waals surface area contributed by atoms with Crippen molar-refractivity contribution in [2.45, 2.75) is 25.5 Å². The van der Waals surface area contributed by atoms with Crippen LogP contribution in [-0.2, 0) is 0 Å². The number of nitrogens with one attached hydrogen (secondary N) is 1. The minimum absolute atomic E-state index is 0.889. The summed E-state index contributed by atoms with van der Waals surface area (Å²) in [6, 6.07) is 0. The van der Waals surface area contributed by atoms with E-state index in [0.717, 1.165) is 14.4 Å². The van der Waals surface area contributed by atoms with Gasteiger partial charge in [0.15, 0.2) is 0 Å². The zero-order valence-corrected chi connectivity index (χ0v) is 6.41. The zero-order valence-electron chi connectivity index (χ0n) is 5.41. The molecule has 2 unspecified atom stereocenters. The highest BCUT2D eigenvalue weighted by atomic mass is 31.1. The van der Waals surface area contributed by atoms with E-state index in [0.29, 0.717) is 0 Å². The van der Waals surface area contributed by atoms with Gasteiger partial charge in [-0.05, 0) is 25.5 Å². The molecule has 0 saturated carbocycles. The van der Waals surface area contributed by atoms with Crippen LogP contribution in [0.5, 0.6) is 0 Å². The van der Waals surface area contributed by atoms with Crippen LogP contribution in [0.4, 0.5) is 0 Å². The summed E-state index contributed by atoms with van der Waals surface area (Å²) in [5, 5.41) is 3.47. The first-order valence-electron chi connectivity index (χ1n) is 3.40. The average molecular weight is 131 g/mol. The van der Waals surface area contributed by atoms with Crippen molar-refractivity contribution in [3.8, 4) is 0 Å². The van der Waals surface area contributed by atoms with E-state index in [1.54, 1.807) is 0 Å². The normalized spacial score (nSPS) is 30.4. The van der Waals surface area contributed by atoms with Gasteiger partial charge < -0.3 is 5.32 Å². The van der Waals surface area contributed by atoms with Gasteiger partial charge in [0.2, 0.25) is 0 Å². The molecule has 0 amide bonds. The minimum Gasteiger partial charge on any atom is -0.310 e. The van der Waals surface area contributed by atoms with Crippen LogP contribution in [0, 0.1) is 0 Å². The van der Waals surface area contributed by atoms with Crippen LogP contribution in [0.15, 0.2) is 0 Å². The molecule has 1 aliphatic heterocycles. The molecule has 0 aromatic heterocycles. The Morgan fingerprint density at radius 2 is 2.62 bits per heavy atom. The summed E-state index contributed by atoms with van der Waals surface area (Å²) >= 11 is 0. The van der Waals surface area contributed by atoms with Crippen LogP contribution in [-0.4, -0.2) is 18.5 Å². The summed E-state index contributed by atoms with van der Waals surface area (Å²) in [7, 11) is 1.16. The smallest absolute Gasteiger partial charge is 0.0240 e. The molecule has 1 heterocycles. The van der Waals surface area contributed by atoms with Crippen LogP contribution < -0.4 is 5.32 Å². The third-order valence-electron chi connectivity index (χ3n) is 1.51. The topological polar surface area (TPSA) is 12.0 Å². The first-order valence-corrected chi connectivity index (χ1v) is 4.68. The molecule has 0 bridgehead atoms. The summed E-state index contributed by atoms with van der Waals surface area (Å²) in [5.41, 5.74) is 0. The van der Waals surface area contributed by atoms with E-state index in [-0.39, 0.29) is 0 Å². The molecule has 2 atom stereocenters. The Hall–Kier alpha value is 0.390. The number of hydrogen-bond donors (Lipinski definition) is 1. The third kappa shape index (κ3) is 1.72. The maximum atomic E-state index is 3.47. The second-order valence-electron chi connectivity index (χ2n) is 2.21. The van der Waals surface area contributed by atoms with Crippen LogP contribution in [0.3, 0.4) is 0 Å². The van der Waals surface area contributed by atoms with E-state index in [1.807, 2.05) is 0 Å². The molecule has 0 aromatic rings. The Kier molecular flexibility index (Phi) is 2.78. The van der Waals surface area contributed by atoms with Gasteiger partial charge in [-0.3, -0.25) is 0 Å². The van der Waals surface area contributed by atoms with Crippen molar-refractivity contribution >= 4 is 8.58 Å². The van der Waals surface area contributed by atoms with Crippen LogP contribution >= 0.6 is 8.58 Å². The maximum absolute atomic E-state index is 3.47. The highest BCUT2D eigenvalue weighted by Crippen LogP contribution is 2.23. The van der Waals surface area contributed by atoms with Gasteiger partial charge in [-0.2, -0.15) is 0 Å². The molecule has 2 heteroatoms. The molecule has 1 saturated heterocycles. The van der Waals surface area contributed by atoms with Gasteiger partial charge in [0.05, 0.1) is 0 Å². The van der Waals surface area contributed by atoms with Gasteiger partial charge >= 0.3 is 0 Å². The molecule has 48 valence electrons. The fraction of sp³-hybridized carbons (Fsp3) is 1.00. The van der Waals surface area contributed by atoms with Gasteiger partial charge in [-0.25, -0.2) is 0 Å². The first kappa shape index (κ1) is 6.51. The van der Waals surface area contributed by atoms with E-state index >= 15 is 0 Å². The Bertz CT molecular complexity index is 59.5.